The molecule has 0 radical (unpaired) electrons. The number of amides is 3. The molecule has 3 rings (SSSR count). The summed E-state index contributed by atoms with van der Waals surface area (Å²) in [5, 5.41) is 4.80. The summed E-state index contributed by atoms with van der Waals surface area (Å²) in [5.74, 6) is 1.17. The maximum atomic E-state index is 13.3. The van der Waals surface area contributed by atoms with Crippen LogP contribution < -0.4 is 14.8 Å². The van der Waals surface area contributed by atoms with Gasteiger partial charge in [0, 0.05) is 24.5 Å². The number of nitrogens with one attached hydrogen (secondary N) is 1. The minimum atomic E-state index is -0.272. The predicted octanol–water partition coefficient (Wildman–Crippen LogP) is 3.48. The Morgan fingerprint density at radius 1 is 1.32 bits per heavy atom. The largest absolute Gasteiger partial charge is 0.493 e. The molecule has 2 heterocycles. The number of hydrogen-bond donors (Lipinski definition) is 1. The molecule has 7 nitrogen and oxygen atoms in total. The van der Waals surface area contributed by atoms with Crippen molar-refractivity contribution in [3.8, 4) is 11.5 Å². The molecular weight excluding hydrogens is 414 g/mol. The number of rotatable bonds is 9. The van der Waals surface area contributed by atoms with Crippen LogP contribution in [0.3, 0.4) is 0 Å². The Balaban J connectivity index is 1.78. The fraction of sp³-hybridized carbons (Fsp3) is 0.391. The zero-order valence-electron chi connectivity index (χ0n) is 18.0. The highest BCUT2D eigenvalue weighted by Crippen LogP contribution is 2.35. The van der Waals surface area contributed by atoms with E-state index in [1.165, 1.54) is 9.78 Å². The van der Waals surface area contributed by atoms with Crippen molar-refractivity contribution < 1.29 is 19.1 Å². The van der Waals surface area contributed by atoms with Crippen LogP contribution in [0.25, 0.3) is 0 Å². The molecule has 0 bridgehead atoms. The normalized spacial score (nSPS) is 15.0. The van der Waals surface area contributed by atoms with Gasteiger partial charge in [0.05, 0.1) is 13.2 Å². The molecule has 0 saturated carbocycles. The second kappa shape index (κ2) is 10.9. The third-order valence-electron chi connectivity index (χ3n) is 5.17. The van der Waals surface area contributed by atoms with Crippen molar-refractivity contribution in [2.45, 2.75) is 19.4 Å². The molecule has 31 heavy (non-hydrogen) atoms. The molecule has 2 aromatic rings. The number of hydrogen-bond acceptors (Lipinski definition) is 5. The molecule has 0 spiro atoms. The van der Waals surface area contributed by atoms with Gasteiger partial charge < -0.3 is 24.6 Å². The molecule has 1 N–H and O–H groups in total. The van der Waals surface area contributed by atoms with Crippen LogP contribution in [0.5, 0.6) is 11.5 Å². The molecular formula is C23H29N3O4S. The SMILES string of the molecule is C=CCN(CC(=O)N1CCc2sccc2C1COc1ccccc1OC)C(=O)NCC. The van der Waals surface area contributed by atoms with Crippen LogP contribution in [-0.2, 0) is 11.2 Å². The second-order valence-corrected chi connectivity index (χ2v) is 8.12. The van der Waals surface area contributed by atoms with Gasteiger partial charge in [-0.1, -0.05) is 18.2 Å². The number of benzene rings is 1. The molecule has 3 amide bonds. The van der Waals surface area contributed by atoms with Crippen LogP contribution in [0, 0.1) is 0 Å². The summed E-state index contributed by atoms with van der Waals surface area (Å²) >= 11 is 1.70. The zero-order valence-corrected chi connectivity index (χ0v) is 18.8. The first-order valence-corrected chi connectivity index (χ1v) is 11.2. The van der Waals surface area contributed by atoms with Crippen molar-refractivity contribution in [3.05, 3.63) is 58.8 Å². The van der Waals surface area contributed by atoms with Gasteiger partial charge in [0.2, 0.25) is 5.91 Å². The van der Waals surface area contributed by atoms with Crippen molar-refractivity contribution in [3.63, 3.8) is 0 Å². The van der Waals surface area contributed by atoms with E-state index in [1.54, 1.807) is 24.5 Å². The Morgan fingerprint density at radius 3 is 2.81 bits per heavy atom. The number of thiophene rings is 1. The van der Waals surface area contributed by atoms with Gasteiger partial charge in [-0.15, -0.1) is 17.9 Å². The molecule has 1 aromatic heterocycles. The molecule has 1 aliphatic heterocycles. The van der Waals surface area contributed by atoms with Gasteiger partial charge in [-0.2, -0.15) is 0 Å². The standard InChI is InChI=1S/C23H29N3O4S/c1-4-12-25(23(28)24-5-2)15-22(27)26-13-10-21-17(11-14-31-21)18(26)16-30-20-9-7-6-8-19(20)29-3/h4,6-9,11,14,18H,1,5,10,12-13,15-16H2,2-3H3,(H,24,28). The summed E-state index contributed by atoms with van der Waals surface area (Å²) < 4.78 is 11.5. The Bertz CT molecular complexity index is 914. The maximum Gasteiger partial charge on any atom is 0.318 e. The predicted molar refractivity (Wildman–Crippen MR) is 122 cm³/mol. The number of para-hydroxylation sites is 2. The van der Waals surface area contributed by atoms with Gasteiger partial charge in [-0.05, 0) is 42.5 Å². The maximum absolute atomic E-state index is 13.3. The molecule has 1 unspecified atom stereocenters. The Labute approximate surface area is 187 Å². The van der Waals surface area contributed by atoms with E-state index in [0.717, 1.165) is 12.0 Å². The van der Waals surface area contributed by atoms with E-state index in [9.17, 15) is 9.59 Å². The third-order valence-corrected chi connectivity index (χ3v) is 6.17. The zero-order chi connectivity index (χ0) is 22.2. The van der Waals surface area contributed by atoms with Crippen molar-refractivity contribution >= 4 is 23.3 Å². The number of fused-ring (bicyclic) bond motifs is 1. The van der Waals surface area contributed by atoms with E-state index in [0.29, 0.717) is 37.7 Å². The summed E-state index contributed by atoms with van der Waals surface area (Å²) in [7, 11) is 1.60. The second-order valence-electron chi connectivity index (χ2n) is 7.12. The van der Waals surface area contributed by atoms with Crippen LogP contribution >= 0.6 is 11.3 Å². The third kappa shape index (κ3) is 5.38. The first-order valence-electron chi connectivity index (χ1n) is 10.3. The molecule has 1 aromatic carbocycles. The fourth-order valence-electron chi connectivity index (χ4n) is 3.67. The van der Waals surface area contributed by atoms with Crippen LogP contribution in [0.2, 0.25) is 0 Å². The average molecular weight is 444 g/mol. The summed E-state index contributed by atoms with van der Waals surface area (Å²) in [6.45, 7) is 7.23. The lowest BCUT2D eigenvalue weighted by Gasteiger charge is -2.37. The van der Waals surface area contributed by atoms with Crippen molar-refractivity contribution in [1.82, 2.24) is 15.1 Å². The summed E-state index contributed by atoms with van der Waals surface area (Å²) in [6.07, 6.45) is 2.42. The van der Waals surface area contributed by atoms with Crippen LogP contribution in [0.1, 0.15) is 23.4 Å². The highest BCUT2D eigenvalue weighted by Gasteiger charge is 2.33. The number of methoxy groups -OCH3 is 1. The van der Waals surface area contributed by atoms with Gasteiger partial charge in [0.1, 0.15) is 13.2 Å². The lowest BCUT2D eigenvalue weighted by Crippen LogP contribution is -2.49. The van der Waals surface area contributed by atoms with Gasteiger partial charge >= 0.3 is 6.03 Å². The summed E-state index contributed by atoms with van der Waals surface area (Å²) in [6, 6.07) is 9.02. The van der Waals surface area contributed by atoms with Crippen LogP contribution in [-0.4, -0.2) is 61.6 Å². The molecule has 1 atom stereocenters. The highest BCUT2D eigenvalue weighted by molar-refractivity contribution is 7.10. The highest BCUT2D eigenvalue weighted by atomic mass is 32.1. The van der Waals surface area contributed by atoms with Crippen LogP contribution in [0.4, 0.5) is 4.79 Å². The first kappa shape index (κ1) is 22.7. The number of ether oxygens (including phenoxy) is 2. The van der Waals surface area contributed by atoms with Gasteiger partial charge in [0.25, 0.3) is 0 Å². The van der Waals surface area contributed by atoms with E-state index in [-0.39, 0.29) is 24.5 Å². The van der Waals surface area contributed by atoms with Crippen molar-refractivity contribution in [2.24, 2.45) is 0 Å². The lowest BCUT2D eigenvalue weighted by molar-refractivity contribution is -0.135. The Kier molecular flexibility index (Phi) is 7.94. The van der Waals surface area contributed by atoms with E-state index < -0.39 is 0 Å². The fourth-order valence-corrected chi connectivity index (χ4v) is 4.60. The number of urea groups is 1. The molecule has 0 saturated heterocycles. The minimum Gasteiger partial charge on any atom is -0.493 e. The molecule has 1 aliphatic rings. The Hall–Kier alpha value is -3.00. The van der Waals surface area contributed by atoms with Gasteiger partial charge in [-0.3, -0.25) is 4.79 Å². The minimum absolute atomic E-state index is 0.0114. The number of carbonyl (C=O) groups excluding carboxylic acids is 2. The van der Waals surface area contributed by atoms with E-state index >= 15 is 0 Å². The molecule has 0 aliphatic carbocycles. The molecule has 8 heteroatoms. The number of nitrogens with zero attached hydrogens (tertiary/aromatic N) is 2. The van der Waals surface area contributed by atoms with E-state index in [2.05, 4.69) is 18.0 Å². The Morgan fingerprint density at radius 2 is 2.10 bits per heavy atom. The van der Waals surface area contributed by atoms with Gasteiger partial charge in [-0.25, -0.2) is 4.79 Å². The number of carbonyl (C=O) groups is 2. The monoisotopic (exact) mass is 443 g/mol. The van der Waals surface area contributed by atoms with Gasteiger partial charge in [0.15, 0.2) is 11.5 Å². The first-order chi connectivity index (χ1) is 15.1. The lowest BCUT2D eigenvalue weighted by atomic mass is 10.0. The summed E-state index contributed by atoms with van der Waals surface area (Å²) in [4.78, 5) is 30.2. The topological polar surface area (TPSA) is 71.1 Å². The van der Waals surface area contributed by atoms with E-state index in [4.69, 9.17) is 9.47 Å². The van der Waals surface area contributed by atoms with Crippen molar-refractivity contribution in [2.75, 3.05) is 39.9 Å². The van der Waals surface area contributed by atoms with E-state index in [1.807, 2.05) is 41.5 Å². The smallest absolute Gasteiger partial charge is 0.318 e. The average Bonchev–Trinajstić information content (AvgIpc) is 3.26. The van der Waals surface area contributed by atoms with Crippen molar-refractivity contribution in [1.29, 1.82) is 0 Å². The summed E-state index contributed by atoms with van der Waals surface area (Å²) in [5.41, 5.74) is 1.10. The molecule has 0 fully saturated rings. The van der Waals surface area contributed by atoms with Crippen LogP contribution in [0.15, 0.2) is 48.4 Å². The quantitative estimate of drug-likeness (QED) is 0.603. The molecule has 166 valence electrons.